The Morgan fingerprint density at radius 1 is 0.912 bits per heavy atom. The van der Waals surface area contributed by atoms with E-state index in [0.29, 0.717) is 23.9 Å². The van der Waals surface area contributed by atoms with Gasteiger partial charge in [-0.25, -0.2) is 19.3 Å². The van der Waals surface area contributed by atoms with Gasteiger partial charge >= 0.3 is 0 Å². The number of halogens is 1. The minimum absolute atomic E-state index is 0. The number of benzene rings is 1. The Morgan fingerprint density at radius 2 is 1.59 bits per heavy atom. The van der Waals surface area contributed by atoms with Crippen LogP contribution in [0.2, 0.25) is 0 Å². The summed E-state index contributed by atoms with van der Waals surface area (Å²) in [6.45, 7) is 2.25. The van der Waals surface area contributed by atoms with E-state index in [2.05, 4.69) is 21.8 Å². The number of aromatic nitrogens is 4. The molecule has 0 radical (unpaired) electrons. The van der Waals surface area contributed by atoms with Crippen molar-refractivity contribution in [1.82, 2.24) is 19.5 Å². The maximum absolute atomic E-state index is 13.6. The molecule has 2 fully saturated rings. The van der Waals surface area contributed by atoms with Crippen LogP contribution < -0.4 is 5.32 Å². The van der Waals surface area contributed by atoms with Gasteiger partial charge in [-0.05, 0) is 68.9 Å². The number of hydrogen-bond donors (Lipinski definition) is 1. The van der Waals surface area contributed by atoms with Crippen LogP contribution in [-0.4, -0.2) is 25.6 Å². The highest BCUT2D eigenvalue weighted by atomic mass is 32.1. The molecule has 5 rings (SSSR count). The zero-order chi connectivity index (χ0) is 22.6. The first kappa shape index (κ1) is 24.7. The van der Waals surface area contributed by atoms with E-state index in [1.165, 1.54) is 63.5 Å². The monoisotopic (exact) mass is 481 g/mol. The summed E-state index contributed by atoms with van der Waals surface area (Å²) in [4.78, 5) is 14.3. The van der Waals surface area contributed by atoms with Gasteiger partial charge < -0.3 is 9.88 Å². The first-order valence-corrected chi connectivity index (χ1v) is 12.6. The molecule has 2 saturated carbocycles. The minimum atomic E-state index is -0.239. The maximum atomic E-state index is 13.6. The van der Waals surface area contributed by atoms with Crippen molar-refractivity contribution in [3.8, 4) is 22.6 Å². The van der Waals surface area contributed by atoms with Gasteiger partial charge in [0.1, 0.15) is 5.82 Å². The van der Waals surface area contributed by atoms with Crippen LogP contribution in [0.1, 0.15) is 77.2 Å². The molecule has 5 nitrogen and oxygen atoms in total. The quantitative estimate of drug-likeness (QED) is 0.406. The predicted molar refractivity (Wildman–Crippen MR) is 141 cm³/mol. The molecule has 1 N–H and O–H groups in total. The largest absolute Gasteiger partial charge is 0.351 e. The van der Waals surface area contributed by atoms with Crippen molar-refractivity contribution in [2.75, 3.05) is 5.32 Å². The number of imidazole rings is 1. The van der Waals surface area contributed by atoms with Crippen LogP contribution in [0.25, 0.3) is 22.6 Å². The van der Waals surface area contributed by atoms with Crippen molar-refractivity contribution >= 4 is 19.4 Å². The normalized spacial score (nSPS) is 18.3. The molecular formula is C27H36FN5S. The molecule has 0 amide bonds. The Bertz CT molecular complexity index is 1060. The fourth-order valence-electron chi connectivity index (χ4n) is 5.59. The summed E-state index contributed by atoms with van der Waals surface area (Å²) < 4.78 is 15.9. The SMILES string of the molecule is C[C@H](Nc1nccc(-c2c(-c3ccc(F)cc3)ncn2C2CCCCC2)n1)C1CCCCC1.S. The molecule has 2 aliphatic carbocycles. The number of rotatable bonds is 6. The second-order valence-electron chi connectivity index (χ2n) is 9.74. The maximum Gasteiger partial charge on any atom is 0.223 e. The molecule has 0 aliphatic heterocycles. The molecule has 0 saturated heterocycles. The van der Waals surface area contributed by atoms with Gasteiger partial charge in [0.05, 0.1) is 23.4 Å². The lowest BCUT2D eigenvalue weighted by Gasteiger charge is -2.28. The Balaban J connectivity index is 0.00000274. The lowest BCUT2D eigenvalue weighted by molar-refractivity contribution is 0.327. The Kier molecular flexibility index (Phi) is 8.24. The number of anilines is 1. The Labute approximate surface area is 209 Å². The van der Waals surface area contributed by atoms with E-state index in [9.17, 15) is 4.39 Å². The summed E-state index contributed by atoms with van der Waals surface area (Å²) in [6, 6.07) is 9.34. The standard InChI is InChI=1S/C27H34FN5.H2S/c1-19(20-8-4-2-5-9-20)31-27-29-17-16-24(32-27)26-25(21-12-14-22(28)15-13-21)30-18-33(26)23-10-6-3-7-11-23;/h12-20,23H,2-11H2,1H3,(H,29,31,32);1H2/t19-;/m0./s1. The van der Waals surface area contributed by atoms with E-state index >= 15 is 0 Å². The molecule has 3 aromatic rings. The van der Waals surface area contributed by atoms with Crippen molar-refractivity contribution in [1.29, 1.82) is 0 Å². The second-order valence-corrected chi connectivity index (χ2v) is 9.74. The molecule has 0 unspecified atom stereocenters. The highest BCUT2D eigenvalue weighted by molar-refractivity contribution is 7.59. The summed E-state index contributed by atoms with van der Waals surface area (Å²) >= 11 is 0. The zero-order valence-corrected chi connectivity index (χ0v) is 21.0. The zero-order valence-electron chi connectivity index (χ0n) is 20.0. The molecule has 2 aromatic heterocycles. The summed E-state index contributed by atoms with van der Waals surface area (Å²) in [5.74, 6) is 1.11. The van der Waals surface area contributed by atoms with Gasteiger partial charge in [0.15, 0.2) is 0 Å². The summed E-state index contributed by atoms with van der Waals surface area (Å²) in [5, 5.41) is 3.58. The third kappa shape index (κ3) is 5.45. The average molecular weight is 482 g/mol. The van der Waals surface area contributed by atoms with Crippen LogP contribution in [0.15, 0.2) is 42.9 Å². The summed E-state index contributed by atoms with van der Waals surface area (Å²) in [6.07, 6.45) is 16.4. The molecule has 182 valence electrons. The van der Waals surface area contributed by atoms with Crippen LogP contribution in [0.4, 0.5) is 10.3 Å². The van der Waals surface area contributed by atoms with Crippen LogP contribution in [0, 0.1) is 11.7 Å². The van der Waals surface area contributed by atoms with Crippen molar-refractivity contribution in [3.05, 3.63) is 48.7 Å². The van der Waals surface area contributed by atoms with E-state index in [1.54, 1.807) is 12.1 Å². The molecule has 2 heterocycles. The van der Waals surface area contributed by atoms with Gasteiger partial charge in [0.25, 0.3) is 0 Å². The Morgan fingerprint density at radius 3 is 2.29 bits per heavy atom. The van der Waals surface area contributed by atoms with E-state index < -0.39 is 0 Å². The lowest BCUT2D eigenvalue weighted by Crippen LogP contribution is -2.28. The number of nitrogens with zero attached hydrogens (tertiary/aromatic N) is 4. The van der Waals surface area contributed by atoms with Gasteiger partial charge in [0, 0.05) is 23.8 Å². The fourth-order valence-corrected chi connectivity index (χ4v) is 5.59. The van der Waals surface area contributed by atoms with Crippen LogP contribution >= 0.6 is 13.5 Å². The van der Waals surface area contributed by atoms with Crippen molar-refractivity contribution in [2.45, 2.75) is 83.2 Å². The molecule has 0 spiro atoms. The minimum Gasteiger partial charge on any atom is -0.351 e. The van der Waals surface area contributed by atoms with Gasteiger partial charge in [-0.3, -0.25) is 0 Å². The highest BCUT2D eigenvalue weighted by Crippen LogP contribution is 2.37. The van der Waals surface area contributed by atoms with Crippen molar-refractivity contribution in [2.24, 2.45) is 5.92 Å². The van der Waals surface area contributed by atoms with Crippen LogP contribution in [-0.2, 0) is 0 Å². The van der Waals surface area contributed by atoms with Crippen LogP contribution in [0.5, 0.6) is 0 Å². The van der Waals surface area contributed by atoms with Gasteiger partial charge in [-0.15, -0.1) is 0 Å². The fraction of sp³-hybridized carbons (Fsp3) is 0.519. The first-order valence-electron chi connectivity index (χ1n) is 12.6. The van der Waals surface area contributed by atoms with E-state index in [0.717, 1.165) is 35.5 Å². The highest BCUT2D eigenvalue weighted by Gasteiger charge is 2.24. The van der Waals surface area contributed by atoms with E-state index in [1.807, 2.05) is 18.6 Å². The van der Waals surface area contributed by atoms with Crippen LogP contribution in [0.3, 0.4) is 0 Å². The molecular weight excluding hydrogens is 445 g/mol. The third-order valence-electron chi connectivity index (χ3n) is 7.49. The average Bonchev–Trinajstić information content (AvgIpc) is 3.31. The van der Waals surface area contributed by atoms with Gasteiger partial charge in [-0.1, -0.05) is 38.5 Å². The molecule has 0 bridgehead atoms. The summed E-state index contributed by atoms with van der Waals surface area (Å²) in [7, 11) is 0. The second kappa shape index (κ2) is 11.3. The molecule has 34 heavy (non-hydrogen) atoms. The molecule has 1 atom stereocenters. The topological polar surface area (TPSA) is 55.6 Å². The molecule has 2 aliphatic rings. The molecule has 1 aromatic carbocycles. The predicted octanol–water partition coefficient (Wildman–Crippen LogP) is 7.14. The number of hydrogen-bond acceptors (Lipinski definition) is 4. The van der Waals surface area contributed by atoms with Gasteiger partial charge in [0.2, 0.25) is 5.95 Å². The van der Waals surface area contributed by atoms with Crippen molar-refractivity contribution in [3.63, 3.8) is 0 Å². The van der Waals surface area contributed by atoms with E-state index in [4.69, 9.17) is 9.97 Å². The first-order chi connectivity index (χ1) is 16.2. The lowest BCUT2D eigenvalue weighted by atomic mass is 9.85. The number of nitrogens with one attached hydrogen (secondary N) is 1. The summed E-state index contributed by atoms with van der Waals surface area (Å²) in [5.41, 5.74) is 3.63. The third-order valence-corrected chi connectivity index (χ3v) is 7.49. The van der Waals surface area contributed by atoms with Gasteiger partial charge in [-0.2, -0.15) is 13.5 Å². The molecule has 7 heteroatoms. The van der Waals surface area contributed by atoms with E-state index in [-0.39, 0.29) is 19.3 Å². The smallest absolute Gasteiger partial charge is 0.223 e. The Hall–Kier alpha value is -2.41. The van der Waals surface area contributed by atoms with Crippen molar-refractivity contribution < 1.29 is 4.39 Å².